The van der Waals surface area contributed by atoms with E-state index < -0.39 is 6.09 Å². The van der Waals surface area contributed by atoms with E-state index >= 15 is 0 Å². The fraction of sp³-hybridized carbons (Fsp3) is 0.333. The van der Waals surface area contributed by atoms with E-state index in [2.05, 4.69) is 10.3 Å². The molecule has 1 heterocycles. The van der Waals surface area contributed by atoms with E-state index in [-0.39, 0.29) is 6.04 Å². The van der Waals surface area contributed by atoms with Crippen LogP contribution in [0.5, 0.6) is 5.75 Å². The highest BCUT2D eigenvalue weighted by Gasteiger charge is 2.21. The number of carbonyl (C=O) groups excluding carboxylic acids is 1. The van der Waals surface area contributed by atoms with Crippen LogP contribution in [0.2, 0.25) is 0 Å². The van der Waals surface area contributed by atoms with E-state index in [1.54, 1.807) is 20.2 Å². The molecule has 1 amide bonds. The fourth-order valence-electron chi connectivity index (χ4n) is 2.04. The lowest BCUT2D eigenvalue weighted by atomic mass is 10.1. The number of hydrogen-bond acceptors (Lipinski definition) is 4. The second-order valence-electron chi connectivity index (χ2n) is 4.47. The Hall–Kier alpha value is -2.50. The maximum Gasteiger partial charge on any atom is 0.407 e. The zero-order valence-electron chi connectivity index (χ0n) is 12.4. The summed E-state index contributed by atoms with van der Waals surface area (Å²) in [6.07, 6.45) is 3.05. The molecule has 6 nitrogen and oxygen atoms in total. The summed E-state index contributed by atoms with van der Waals surface area (Å²) < 4.78 is 12.0. The number of aryl methyl sites for hydroxylation is 1. The Kier molecular flexibility index (Phi) is 4.81. The third-order valence-electron chi connectivity index (χ3n) is 3.10. The lowest BCUT2D eigenvalue weighted by molar-refractivity contribution is 0.149. The van der Waals surface area contributed by atoms with E-state index in [1.807, 2.05) is 42.1 Å². The summed E-state index contributed by atoms with van der Waals surface area (Å²) in [6, 6.07) is 7.10. The van der Waals surface area contributed by atoms with E-state index in [0.717, 1.165) is 17.1 Å². The molecule has 1 aromatic heterocycles. The summed E-state index contributed by atoms with van der Waals surface area (Å²) in [7, 11) is 3.49. The molecule has 0 saturated carbocycles. The number of benzene rings is 1. The molecule has 112 valence electrons. The number of carbonyl (C=O) groups is 1. The number of amides is 1. The van der Waals surface area contributed by atoms with Crippen molar-refractivity contribution in [2.24, 2.45) is 7.05 Å². The second kappa shape index (κ2) is 6.78. The van der Waals surface area contributed by atoms with Gasteiger partial charge in [0, 0.05) is 19.4 Å². The highest BCUT2D eigenvalue weighted by atomic mass is 16.5. The van der Waals surface area contributed by atoms with Crippen LogP contribution in [-0.4, -0.2) is 29.4 Å². The molecule has 21 heavy (non-hydrogen) atoms. The third-order valence-corrected chi connectivity index (χ3v) is 3.10. The number of methoxy groups -OCH3 is 1. The number of alkyl carbamates (subject to hydrolysis) is 1. The molecule has 0 fully saturated rings. The molecule has 1 atom stereocenters. The topological polar surface area (TPSA) is 65.4 Å². The smallest absolute Gasteiger partial charge is 0.407 e. The van der Waals surface area contributed by atoms with E-state index in [1.165, 1.54) is 0 Å². The monoisotopic (exact) mass is 289 g/mol. The molecule has 0 aliphatic heterocycles. The number of nitrogens with zero attached hydrogens (tertiary/aromatic N) is 2. The average molecular weight is 289 g/mol. The minimum atomic E-state index is -0.471. The molecule has 1 aromatic carbocycles. The van der Waals surface area contributed by atoms with Crippen LogP contribution < -0.4 is 10.1 Å². The van der Waals surface area contributed by atoms with Gasteiger partial charge >= 0.3 is 6.09 Å². The van der Waals surface area contributed by atoms with Gasteiger partial charge in [0.25, 0.3) is 0 Å². The Labute approximate surface area is 123 Å². The first-order valence-corrected chi connectivity index (χ1v) is 6.70. The van der Waals surface area contributed by atoms with Crippen molar-refractivity contribution in [1.29, 1.82) is 0 Å². The van der Waals surface area contributed by atoms with Gasteiger partial charge in [-0.05, 0) is 24.6 Å². The molecular formula is C15H19N3O3. The van der Waals surface area contributed by atoms with Gasteiger partial charge in [-0.2, -0.15) is 0 Å². The molecule has 0 saturated heterocycles. The van der Waals surface area contributed by atoms with Crippen LogP contribution in [-0.2, 0) is 11.8 Å². The van der Waals surface area contributed by atoms with Crippen LogP contribution in [0, 0.1) is 0 Å². The summed E-state index contributed by atoms with van der Waals surface area (Å²) in [6.45, 7) is 2.09. The van der Waals surface area contributed by atoms with E-state index in [4.69, 9.17) is 9.47 Å². The minimum absolute atomic E-state index is 0.321. The summed E-state index contributed by atoms with van der Waals surface area (Å²) in [5, 5.41) is 2.83. The summed E-state index contributed by atoms with van der Waals surface area (Å²) >= 11 is 0. The predicted molar refractivity (Wildman–Crippen MR) is 78.2 cm³/mol. The fourth-order valence-corrected chi connectivity index (χ4v) is 2.04. The van der Waals surface area contributed by atoms with Crippen molar-refractivity contribution in [3.8, 4) is 5.75 Å². The quantitative estimate of drug-likeness (QED) is 0.917. The van der Waals surface area contributed by atoms with Crippen LogP contribution >= 0.6 is 0 Å². The number of rotatable bonds is 5. The van der Waals surface area contributed by atoms with E-state index in [9.17, 15) is 4.79 Å². The van der Waals surface area contributed by atoms with Gasteiger partial charge in [0.05, 0.1) is 13.7 Å². The van der Waals surface area contributed by atoms with Crippen molar-refractivity contribution in [3.05, 3.63) is 48.0 Å². The highest BCUT2D eigenvalue weighted by Crippen LogP contribution is 2.23. The summed E-state index contributed by atoms with van der Waals surface area (Å²) in [5.74, 6) is 1.49. The van der Waals surface area contributed by atoms with Gasteiger partial charge in [-0.3, -0.25) is 0 Å². The van der Waals surface area contributed by atoms with Crippen molar-refractivity contribution < 1.29 is 14.3 Å². The molecular weight excluding hydrogens is 270 g/mol. The maximum atomic E-state index is 11.8. The minimum Gasteiger partial charge on any atom is -0.497 e. The Morgan fingerprint density at radius 1 is 1.38 bits per heavy atom. The SMILES string of the molecule is CCOC(=O)NC(c1ccc(OC)cc1)c1nccn1C. The van der Waals surface area contributed by atoms with Gasteiger partial charge in [0.1, 0.15) is 17.6 Å². The molecule has 0 aliphatic rings. The van der Waals surface area contributed by atoms with Gasteiger partial charge in [0.15, 0.2) is 0 Å². The largest absolute Gasteiger partial charge is 0.497 e. The van der Waals surface area contributed by atoms with Gasteiger partial charge in [0.2, 0.25) is 0 Å². The van der Waals surface area contributed by atoms with Gasteiger partial charge < -0.3 is 19.4 Å². The van der Waals surface area contributed by atoms with Gasteiger partial charge in [-0.1, -0.05) is 12.1 Å². The predicted octanol–water partition coefficient (Wildman–Crippen LogP) is 2.26. The first-order valence-electron chi connectivity index (χ1n) is 6.70. The average Bonchev–Trinajstić information content (AvgIpc) is 2.91. The Bertz CT molecular complexity index is 592. The Balaban J connectivity index is 2.30. The summed E-state index contributed by atoms with van der Waals surface area (Å²) in [5.41, 5.74) is 0.901. The van der Waals surface area contributed by atoms with E-state index in [0.29, 0.717) is 6.61 Å². The molecule has 0 bridgehead atoms. The standard InChI is InChI=1S/C15H19N3O3/c1-4-21-15(19)17-13(14-16-9-10-18(14)2)11-5-7-12(20-3)8-6-11/h5-10,13H,4H2,1-3H3,(H,17,19). The van der Waals surface area contributed by atoms with Crippen LogP contribution in [0.1, 0.15) is 24.4 Å². The lowest BCUT2D eigenvalue weighted by Gasteiger charge is -2.19. The van der Waals surface area contributed by atoms with Gasteiger partial charge in [-0.15, -0.1) is 0 Å². The molecule has 2 aromatic rings. The van der Waals surface area contributed by atoms with Crippen LogP contribution in [0.25, 0.3) is 0 Å². The first kappa shape index (κ1) is 14.9. The number of ether oxygens (including phenoxy) is 2. The first-order chi connectivity index (χ1) is 10.2. The number of nitrogens with one attached hydrogen (secondary N) is 1. The van der Waals surface area contributed by atoms with Crippen LogP contribution in [0.15, 0.2) is 36.7 Å². The molecule has 0 aliphatic carbocycles. The number of hydrogen-bond donors (Lipinski definition) is 1. The third kappa shape index (κ3) is 3.53. The molecule has 1 N–H and O–H groups in total. The molecule has 2 rings (SSSR count). The van der Waals surface area contributed by atoms with Crippen LogP contribution in [0.4, 0.5) is 4.79 Å². The second-order valence-corrected chi connectivity index (χ2v) is 4.47. The molecule has 6 heteroatoms. The van der Waals surface area contributed by atoms with Crippen molar-refractivity contribution in [2.45, 2.75) is 13.0 Å². The number of imidazole rings is 1. The van der Waals surface area contributed by atoms with Crippen molar-refractivity contribution in [2.75, 3.05) is 13.7 Å². The molecule has 0 radical (unpaired) electrons. The highest BCUT2D eigenvalue weighted by molar-refractivity contribution is 5.68. The normalized spacial score (nSPS) is 11.8. The lowest BCUT2D eigenvalue weighted by Crippen LogP contribution is -2.31. The van der Waals surface area contributed by atoms with Crippen molar-refractivity contribution >= 4 is 6.09 Å². The molecule has 1 unspecified atom stereocenters. The van der Waals surface area contributed by atoms with Crippen LogP contribution in [0.3, 0.4) is 0 Å². The molecule has 0 spiro atoms. The van der Waals surface area contributed by atoms with Crippen molar-refractivity contribution in [3.63, 3.8) is 0 Å². The Morgan fingerprint density at radius 3 is 2.62 bits per heavy atom. The maximum absolute atomic E-state index is 11.8. The summed E-state index contributed by atoms with van der Waals surface area (Å²) in [4.78, 5) is 16.1. The van der Waals surface area contributed by atoms with Gasteiger partial charge in [-0.25, -0.2) is 9.78 Å². The Morgan fingerprint density at radius 2 is 2.10 bits per heavy atom. The number of aromatic nitrogens is 2. The zero-order valence-corrected chi connectivity index (χ0v) is 12.4. The van der Waals surface area contributed by atoms with Crippen molar-refractivity contribution in [1.82, 2.24) is 14.9 Å². The zero-order chi connectivity index (χ0) is 15.2.